The minimum Gasteiger partial charge on any atom is -0.393 e. The lowest BCUT2D eigenvalue weighted by atomic mass is 10.2. The van der Waals surface area contributed by atoms with E-state index in [1.54, 1.807) is 0 Å². The monoisotopic (exact) mass is 286 g/mol. The van der Waals surface area contributed by atoms with Crippen LogP contribution in [0.25, 0.3) is 11.2 Å². The molecule has 0 saturated carbocycles. The van der Waals surface area contributed by atoms with Gasteiger partial charge in [0.2, 0.25) is 0 Å². The molecule has 0 unspecified atom stereocenters. The first-order valence-corrected chi connectivity index (χ1v) is 6.21. The number of aromatic nitrogens is 4. The molecule has 20 heavy (non-hydrogen) atoms. The zero-order chi connectivity index (χ0) is 19.9. The van der Waals surface area contributed by atoms with Gasteiger partial charge in [0.15, 0.2) is 11.2 Å². The van der Waals surface area contributed by atoms with Crippen LogP contribution in [0.5, 0.6) is 0 Å². The average Bonchev–Trinajstić information content (AvgIpc) is 2.96. The predicted molar refractivity (Wildman–Crippen MR) is 75.7 cm³/mol. The fraction of sp³-hybridized carbons (Fsp3) is 0.615. The Bertz CT molecular complexity index is 908. The van der Waals surface area contributed by atoms with Gasteiger partial charge >= 0.3 is 5.69 Å². The van der Waals surface area contributed by atoms with Crippen molar-refractivity contribution in [3.8, 4) is 0 Å². The maximum absolute atomic E-state index is 12.6. The summed E-state index contributed by atoms with van der Waals surface area (Å²) in [5.74, 6) is 0. The van der Waals surface area contributed by atoms with Gasteiger partial charge in [-0.25, -0.2) is 9.78 Å². The molecule has 2 heterocycles. The van der Waals surface area contributed by atoms with Gasteiger partial charge in [-0.05, 0) is 26.1 Å². The fourth-order valence-electron chi connectivity index (χ4n) is 2.07. The van der Waals surface area contributed by atoms with Crippen molar-refractivity contribution >= 4 is 11.2 Å². The Balaban J connectivity index is 2.31. The molecule has 2 rings (SSSR count). The van der Waals surface area contributed by atoms with E-state index in [4.69, 9.17) is 8.22 Å². The van der Waals surface area contributed by atoms with Crippen molar-refractivity contribution < 1.29 is 13.3 Å². The van der Waals surface area contributed by atoms with Crippen molar-refractivity contribution in [2.45, 2.75) is 38.8 Å². The van der Waals surface area contributed by atoms with Crippen molar-refractivity contribution in [2.75, 3.05) is 0 Å². The summed E-state index contributed by atoms with van der Waals surface area (Å²) in [6, 6.07) is 0. The van der Waals surface area contributed by atoms with E-state index in [1.807, 2.05) is 0 Å². The molecule has 0 spiro atoms. The van der Waals surface area contributed by atoms with E-state index >= 15 is 0 Å². The number of fused-ring (bicyclic) bond motifs is 1. The second-order valence-corrected chi connectivity index (χ2v) is 4.60. The summed E-state index contributed by atoms with van der Waals surface area (Å²) < 4.78 is 46.5. The topological polar surface area (TPSA) is 82.1 Å². The summed E-state index contributed by atoms with van der Waals surface area (Å²) in [6.45, 7) is -5.12. The number of hydrogen-bond acceptors (Lipinski definition) is 4. The van der Waals surface area contributed by atoms with Gasteiger partial charge in [-0.2, -0.15) is 0 Å². The van der Waals surface area contributed by atoms with Gasteiger partial charge in [0.1, 0.15) is 0 Å². The van der Waals surface area contributed by atoms with Gasteiger partial charge in [0.25, 0.3) is 5.56 Å². The van der Waals surface area contributed by atoms with Crippen molar-refractivity contribution in [3.05, 3.63) is 27.2 Å². The lowest BCUT2D eigenvalue weighted by molar-refractivity contribution is 0.180. The molecule has 2 aromatic heterocycles. The van der Waals surface area contributed by atoms with Gasteiger partial charge in [0.05, 0.1) is 12.4 Å². The molecule has 0 saturated heterocycles. The molecule has 1 N–H and O–H groups in total. The van der Waals surface area contributed by atoms with Gasteiger partial charge in [-0.3, -0.25) is 13.9 Å². The molecule has 7 heteroatoms. The Morgan fingerprint density at radius 3 is 2.95 bits per heavy atom. The summed E-state index contributed by atoms with van der Waals surface area (Å²) in [4.78, 5) is 28.8. The number of nitrogens with zero attached hydrogens (tertiary/aromatic N) is 4. The summed E-state index contributed by atoms with van der Waals surface area (Å²) in [5.41, 5.74) is -1.64. The molecule has 0 amide bonds. The molecule has 0 fully saturated rings. The van der Waals surface area contributed by atoms with Gasteiger partial charge < -0.3 is 9.67 Å². The Labute approximate surface area is 124 Å². The summed E-state index contributed by atoms with van der Waals surface area (Å²) in [5, 5.41) is 9.50. The van der Waals surface area contributed by atoms with Crippen LogP contribution in [0, 0.1) is 0 Å². The first-order valence-electron chi connectivity index (χ1n) is 9.21. The maximum Gasteiger partial charge on any atom is 0.332 e. The zero-order valence-electron chi connectivity index (χ0n) is 17.0. The molecule has 110 valence electrons. The van der Waals surface area contributed by atoms with Gasteiger partial charge in [-0.15, -0.1) is 0 Å². The quantitative estimate of drug-likeness (QED) is 0.783. The Morgan fingerprint density at radius 2 is 2.25 bits per heavy atom. The number of aryl methyl sites for hydroxylation is 2. The van der Waals surface area contributed by atoms with E-state index < -0.39 is 31.2 Å². The number of aliphatic hydroxyl groups is 1. The predicted octanol–water partition coefficient (Wildman–Crippen LogP) is -0.0152. The summed E-state index contributed by atoms with van der Waals surface area (Å²) >= 11 is 0. The standard InChI is InChI=1S/C13H20N4O3/c1-9(18)6-4-5-7-17-12(19)10-11(14-8-15(10)2)16(3)13(17)20/h8-9,18H,4-7H2,1-3H3/t9-/m0/s1/i1D3,2D3. The highest BCUT2D eigenvalue weighted by Gasteiger charge is 2.14. The van der Waals surface area contributed by atoms with Crippen molar-refractivity contribution in [1.29, 1.82) is 0 Å². The third-order valence-corrected chi connectivity index (χ3v) is 3.14. The maximum atomic E-state index is 12.6. The normalized spacial score (nSPS) is 18.7. The molecule has 0 aliphatic carbocycles. The van der Waals surface area contributed by atoms with E-state index in [0.717, 1.165) is 20.0 Å². The van der Waals surface area contributed by atoms with Crippen LogP contribution >= 0.6 is 0 Å². The molecule has 2 aromatic rings. The second kappa shape index (κ2) is 5.62. The molecule has 0 aromatic carbocycles. The minimum atomic E-state index is -2.62. The first kappa shape index (κ1) is 8.41. The molecule has 0 aliphatic heterocycles. The highest BCUT2D eigenvalue weighted by Crippen LogP contribution is 2.04. The Morgan fingerprint density at radius 1 is 1.45 bits per heavy atom. The molecule has 0 radical (unpaired) electrons. The largest absolute Gasteiger partial charge is 0.393 e. The fourth-order valence-corrected chi connectivity index (χ4v) is 2.07. The third-order valence-electron chi connectivity index (χ3n) is 3.14. The Hall–Kier alpha value is -1.89. The number of unbranched alkanes of at least 4 members (excludes halogenated alkanes) is 1. The van der Waals surface area contributed by atoms with Gasteiger partial charge in [-0.1, -0.05) is 0 Å². The van der Waals surface area contributed by atoms with Crippen molar-refractivity contribution in [2.24, 2.45) is 14.0 Å². The lowest BCUT2D eigenvalue weighted by Crippen LogP contribution is -2.39. The number of aliphatic hydroxyl groups excluding tert-OH is 1. The van der Waals surface area contributed by atoms with Crippen LogP contribution in [0.3, 0.4) is 0 Å². The van der Waals surface area contributed by atoms with E-state index in [9.17, 15) is 14.7 Å². The number of imidazole rings is 1. The molecule has 0 aliphatic rings. The zero-order valence-corrected chi connectivity index (χ0v) is 11.0. The first-order chi connectivity index (χ1) is 11.9. The molecule has 1 atom stereocenters. The highest BCUT2D eigenvalue weighted by molar-refractivity contribution is 5.69. The minimum absolute atomic E-state index is 0.00101. The number of rotatable bonds is 5. The molecular formula is C13H20N4O3. The smallest absolute Gasteiger partial charge is 0.332 e. The number of hydrogen-bond donors (Lipinski definition) is 1. The SMILES string of the molecule is [2H]C([2H])([2H])[C@H](O)CCCCn1c(=O)c2c(ncn2C([2H])([2H])[2H])n(C)c1=O. The third kappa shape index (κ3) is 2.53. The van der Waals surface area contributed by atoms with Gasteiger partial charge in [0, 0.05) is 28.8 Å². The van der Waals surface area contributed by atoms with Crippen molar-refractivity contribution in [3.63, 3.8) is 0 Å². The van der Waals surface area contributed by atoms with Crippen LogP contribution < -0.4 is 11.2 Å². The summed E-state index contributed by atoms with van der Waals surface area (Å²) in [6.07, 6.45) is 0.0827. The second-order valence-electron chi connectivity index (χ2n) is 4.60. The van der Waals surface area contributed by atoms with Crippen LogP contribution in [0.1, 0.15) is 34.3 Å². The Kier molecular flexibility index (Phi) is 2.36. The molecular weight excluding hydrogens is 260 g/mol. The lowest BCUT2D eigenvalue weighted by Gasteiger charge is -2.09. The molecule has 0 bridgehead atoms. The van der Waals surface area contributed by atoms with Crippen LogP contribution in [-0.4, -0.2) is 29.9 Å². The summed E-state index contributed by atoms with van der Waals surface area (Å²) in [7, 11) is 1.38. The van der Waals surface area contributed by atoms with E-state index in [1.165, 1.54) is 7.05 Å². The van der Waals surface area contributed by atoms with E-state index in [2.05, 4.69) is 4.98 Å². The van der Waals surface area contributed by atoms with E-state index in [0.29, 0.717) is 0 Å². The average molecular weight is 286 g/mol. The van der Waals surface area contributed by atoms with E-state index in [-0.39, 0.29) is 37.0 Å². The van der Waals surface area contributed by atoms with Crippen molar-refractivity contribution in [1.82, 2.24) is 18.7 Å². The molecule has 7 nitrogen and oxygen atoms in total. The van der Waals surface area contributed by atoms with Crippen LogP contribution in [-0.2, 0) is 20.6 Å². The van der Waals surface area contributed by atoms with Crippen LogP contribution in [0.2, 0.25) is 0 Å². The van der Waals surface area contributed by atoms with Crippen LogP contribution in [0.15, 0.2) is 15.9 Å². The van der Waals surface area contributed by atoms with Crippen LogP contribution in [0.4, 0.5) is 0 Å². The highest BCUT2D eigenvalue weighted by atomic mass is 16.3.